The van der Waals surface area contributed by atoms with Crippen LogP contribution < -0.4 is 0 Å². The molecular weight excluding hydrogens is 324 g/mol. The van der Waals surface area contributed by atoms with Crippen LogP contribution in [-0.4, -0.2) is 12.7 Å². The van der Waals surface area contributed by atoms with Gasteiger partial charge in [0.05, 0.1) is 10.9 Å². The van der Waals surface area contributed by atoms with Crippen molar-refractivity contribution in [1.29, 1.82) is 0 Å². The van der Waals surface area contributed by atoms with Crippen LogP contribution in [0.4, 0.5) is 0 Å². The monoisotopic (exact) mass is 338 g/mol. The minimum atomic E-state index is 0.231. The Morgan fingerprint density at radius 3 is 2.63 bits per heavy atom. The topological polar surface area (TPSA) is 9.23 Å². The zero-order valence-corrected chi connectivity index (χ0v) is 13.0. The molecule has 0 N–H and O–H groups in total. The fourth-order valence-corrected chi connectivity index (χ4v) is 3.77. The summed E-state index contributed by atoms with van der Waals surface area (Å²) >= 11 is 10.1. The molecule has 1 nitrogen and oxygen atoms in total. The summed E-state index contributed by atoms with van der Waals surface area (Å²) in [5.41, 5.74) is 1.27. The summed E-state index contributed by atoms with van der Waals surface area (Å²) in [5.74, 6) is 0. The van der Waals surface area contributed by atoms with E-state index in [1.165, 1.54) is 23.8 Å². The summed E-state index contributed by atoms with van der Waals surface area (Å²) in [6, 6.07) is 12.4. The third-order valence-electron chi connectivity index (χ3n) is 3.74. The molecule has 2 atom stereocenters. The van der Waals surface area contributed by atoms with Gasteiger partial charge in [-0.25, -0.2) is 0 Å². The lowest BCUT2D eigenvalue weighted by atomic mass is 9.96. The Morgan fingerprint density at radius 1 is 1.11 bits per heavy atom. The number of rotatable bonds is 2. The number of hydrogen-bond acceptors (Lipinski definition) is 1. The molecule has 1 fully saturated rings. The van der Waals surface area contributed by atoms with Gasteiger partial charge in [0.25, 0.3) is 0 Å². The molecule has 2 unspecified atom stereocenters. The maximum atomic E-state index is 6.27. The molecule has 19 heavy (non-hydrogen) atoms. The lowest BCUT2D eigenvalue weighted by molar-refractivity contribution is 0.0162. The third kappa shape index (κ3) is 2.67. The summed E-state index contributed by atoms with van der Waals surface area (Å²) in [5, 5.41) is 3.14. The second-order valence-corrected chi connectivity index (χ2v) is 6.38. The highest BCUT2D eigenvalue weighted by molar-refractivity contribution is 9.09. The average Bonchev–Trinajstić information content (AvgIpc) is 2.48. The van der Waals surface area contributed by atoms with Gasteiger partial charge in [-0.1, -0.05) is 57.9 Å². The van der Waals surface area contributed by atoms with Gasteiger partial charge in [0.1, 0.15) is 0 Å². The van der Waals surface area contributed by atoms with Crippen LogP contribution >= 0.6 is 27.5 Å². The molecule has 3 heteroatoms. The highest BCUT2D eigenvalue weighted by Gasteiger charge is 2.25. The van der Waals surface area contributed by atoms with E-state index in [1.54, 1.807) is 0 Å². The van der Waals surface area contributed by atoms with E-state index < -0.39 is 0 Å². The van der Waals surface area contributed by atoms with Crippen LogP contribution in [-0.2, 0) is 4.74 Å². The molecule has 1 saturated heterocycles. The van der Waals surface area contributed by atoms with E-state index in [2.05, 4.69) is 40.2 Å². The first kappa shape index (κ1) is 13.4. The van der Waals surface area contributed by atoms with Crippen molar-refractivity contribution in [3.05, 3.63) is 47.0 Å². The lowest BCUT2D eigenvalue weighted by Crippen LogP contribution is -2.23. The number of hydrogen-bond donors (Lipinski definition) is 0. The average molecular weight is 340 g/mol. The summed E-state index contributed by atoms with van der Waals surface area (Å²) in [7, 11) is 0. The summed E-state index contributed by atoms with van der Waals surface area (Å²) < 4.78 is 5.89. The Kier molecular flexibility index (Phi) is 4.11. The Bertz CT molecular complexity index is 578. The number of fused-ring (bicyclic) bond motifs is 1. The van der Waals surface area contributed by atoms with E-state index in [9.17, 15) is 0 Å². The van der Waals surface area contributed by atoms with Crippen molar-refractivity contribution >= 4 is 38.3 Å². The van der Waals surface area contributed by atoms with Crippen molar-refractivity contribution in [2.24, 2.45) is 0 Å². The van der Waals surface area contributed by atoms with Crippen molar-refractivity contribution in [3.8, 4) is 0 Å². The molecule has 1 heterocycles. The second kappa shape index (κ2) is 5.82. The zero-order valence-electron chi connectivity index (χ0n) is 10.6. The van der Waals surface area contributed by atoms with Crippen LogP contribution in [0.1, 0.15) is 29.7 Å². The van der Waals surface area contributed by atoms with Gasteiger partial charge in [-0.2, -0.15) is 0 Å². The van der Waals surface area contributed by atoms with E-state index in [0.29, 0.717) is 0 Å². The predicted octanol–water partition coefficient (Wildman–Crippen LogP) is 5.50. The first-order chi connectivity index (χ1) is 9.27. The van der Waals surface area contributed by atoms with Gasteiger partial charge in [0, 0.05) is 17.0 Å². The van der Waals surface area contributed by atoms with Crippen molar-refractivity contribution in [3.63, 3.8) is 0 Å². The van der Waals surface area contributed by atoms with Gasteiger partial charge in [-0.15, -0.1) is 0 Å². The Labute approximate surface area is 127 Å². The largest absolute Gasteiger partial charge is 0.377 e. The van der Waals surface area contributed by atoms with E-state index in [4.69, 9.17) is 16.3 Å². The van der Waals surface area contributed by atoms with Gasteiger partial charge in [-0.3, -0.25) is 0 Å². The first-order valence-electron chi connectivity index (χ1n) is 6.70. The van der Waals surface area contributed by atoms with E-state index >= 15 is 0 Å². The summed E-state index contributed by atoms with van der Waals surface area (Å²) in [6.45, 7) is 0.873. The number of benzene rings is 2. The minimum absolute atomic E-state index is 0.231. The van der Waals surface area contributed by atoms with Crippen LogP contribution in [0.2, 0.25) is 5.02 Å². The molecule has 3 rings (SSSR count). The van der Waals surface area contributed by atoms with Gasteiger partial charge in [-0.05, 0) is 36.3 Å². The molecule has 0 spiro atoms. The fraction of sp³-hybridized carbons (Fsp3) is 0.375. The standard InChI is InChI=1S/C16H16BrClO/c17-16(15-7-3-4-10-19-15)13-8-9-14(18)12-6-2-1-5-11(12)13/h1-2,5-6,8-9,15-16H,3-4,7,10H2. The molecule has 0 radical (unpaired) electrons. The van der Waals surface area contributed by atoms with Crippen molar-refractivity contribution in [1.82, 2.24) is 0 Å². The Morgan fingerprint density at radius 2 is 1.89 bits per heavy atom. The molecule has 0 bridgehead atoms. The smallest absolute Gasteiger partial charge is 0.0741 e. The Balaban J connectivity index is 2.02. The minimum Gasteiger partial charge on any atom is -0.377 e. The molecule has 2 aromatic rings. The zero-order chi connectivity index (χ0) is 13.2. The predicted molar refractivity (Wildman–Crippen MR) is 84.2 cm³/mol. The molecule has 1 aliphatic rings. The molecule has 0 aliphatic carbocycles. The Hall–Kier alpha value is -0.570. The van der Waals surface area contributed by atoms with Gasteiger partial charge in [0.15, 0.2) is 0 Å². The quantitative estimate of drug-likeness (QED) is 0.657. The van der Waals surface area contributed by atoms with Gasteiger partial charge >= 0.3 is 0 Å². The summed E-state index contributed by atoms with van der Waals surface area (Å²) in [6.07, 6.45) is 3.81. The first-order valence-corrected chi connectivity index (χ1v) is 7.99. The lowest BCUT2D eigenvalue weighted by Gasteiger charge is -2.28. The normalized spacial score (nSPS) is 21.5. The number of alkyl halides is 1. The van der Waals surface area contributed by atoms with Crippen molar-refractivity contribution in [2.75, 3.05) is 6.61 Å². The molecule has 0 aromatic heterocycles. The van der Waals surface area contributed by atoms with Gasteiger partial charge < -0.3 is 4.74 Å². The maximum Gasteiger partial charge on any atom is 0.0741 e. The van der Waals surface area contributed by atoms with E-state index in [-0.39, 0.29) is 10.9 Å². The fourth-order valence-electron chi connectivity index (χ4n) is 2.72. The highest BCUT2D eigenvalue weighted by Crippen LogP contribution is 2.38. The van der Waals surface area contributed by atoms with E-state index in [1.807, 2.05) is 12.1 Å². The van der Waals surface area contributed by atoms with E-state index in [0.717, 1.165) is 23.4 Å². The van der Waals surface area contributed by atoms with Crippen molar-refractivity contribution < 1.29 is 4.74 Å². The molecule has 2 aromatic carbocycles. The molecule has 0 saturated carbocycles. The second-order valence-electron chi connectivity index (χ2n) is 4.99. The molecule has 0 amide bonds. The maximum absolute atomic E-state index is 6.27. The van der Waals surface area contributed by atoms with Crippen LogP contribution in [0.25, 0.3) is 10.8 Å². The van der Waals surface area contributed by atoms with Crippen LogP contribution in [0.15, 0.2) is 36.4 Å². The van der Waals surface area contributed by atoms with Crippen LogP contribution in [0.5, 0.6) is 0 Å². The molecular formula is C16H16BrClO. The van der Waals surface area contributed by atoms with Crippen LogP contribution in [0, 0.1) is 0 Å². The number of halogens is 2. The third-order valence-corrected chi connectivity index (χ3v) is 5.16. The van der Waals surface area contributed by atoms with Crippen molar-refractivity contribution in [2.45, 2.75) is 30.2 Å². The van der Waals surface area contributed by atoms with Crippen LogP contribution in [0.3, 0.4) is 0 Å². The van der Waals surface area contributed by atoms with Gasteiger partial charge in [0.2, 0.25) is 0 Å². The number of ether oxygens (including phenoxy) is 1. The highest BCUT2D eigenvalue weighted by atomic mass is 79.9. The molecule has 100 valence electrons. The molecule has 1 aliphatic heterocycles. The summed E-state index contributed by atoms with van der Waals surface area (Å²) in [4.78, 5) is 0.231. The SMILES string of the molecule is Clc1ccc(C(Br)C2CCCCO2)c2ccccc12.